The van der Waals surface area contributed by atoms with Gasteiger partial charge in [-0.05, 0) is 80.1 Å². The van der Waals surface area contributed by atoms with Crippen LogP contribution in [0.15, 0.2) is 71.6 Å². The molecular weight excluding hydrogens is 570 g/mol. The smallest absolute Gasteiger partial charge is 0.382 e. The Morgan fingerprint density at radius 2 is 1.57 bits per heavy atom. The molecule has 0 radical (unpaired) electrons. The van der Waals surface area contributed by atoms with Gasteiger partial charge in [0.1, 0.15) is 10.7 Å². The highest BCUT2D eigenvalue weighted by molar-refractivity contribution is 7.89. The Labute approximate surface area is 243 Å². The molecule has 1 amide bonds. The van der Waals surface area contributed by atoms with Crippen molar-refractivity contribution in [2.24, 2.45) is 5.92 Å². The highest BCUT2D eigenvalue weighted by Gasteiger charge is 2.44. The summed E-state index contributed by atoms with van der Waals surface area (Å²) in [5.74, 6) is -2.46. The number of piperidine rings is 1. The fourth-order valence-electron chi connectivity index (χ4n) is 6.01. The average Bonchev–Trinajstić information content (AvgIpc) is 3.47. The van der Waals surface area contributed by atoms with Crippen LogP contribution in [0, 0.1) is 18.7 Å². The van der Waals surface area contributed by atoms with Gasteiger partial charge in [0.25, 0.3) is 0 Å². The lowest BCUT2D eigenvalue weighted by Gasteiger charge is -2.40. The predicted molar refractivity (Wildman–Crippen MR) is 153 cm³/mol. The van der Waals surface area contributed by atoms with E-state index in [0.29, 0.717) is 24.4 Å². The van der Waals surface area contributed by atoms with E-state index in [-0.39, 0.29) is 17.8 Å². The fourth-order valence-corrected chi connectivity index (χ4v) is 7.76. The summed E-state index contributed by atoms with van der Waals surface area (Å²) in [6.07, 6.45) is 0.445. The molecule has 1 heterocycles. The molecule has 11 heteroatoms. The van der Waals surface area contributed by atoms with Gasteiger partial charge in [0.05, 0.1) is 17.5 Å². The number of alkyl halides is 3. The molecule has 2 aliphatic rings. The molecule has 5 rings (SSSR count). The SMILES string of the molecule is Cc1ccc(NC(=O)[C@H]2CCCN(S(=O)(=O)c3ccccc3F)[C@H]2c2ccc(NC3CCCC3)cc2)cc1C(F)(F)F. The molecule has 42 heavy (non-hydrogen) atoms. The average molecular weight is 604 g/mol. The predicted octanol–water partition coefficient (Wildman–Crippen LogP) is 7.29. The van der Waals surface area contributed by atoms with Crippen molar-refractivity contribution in [2.45, 2.75) is 68.6 Å². The molecule has 0 bridgehead atoms. The number of hydrogen-bond acceptors (Lipinski definition) is 4. The molecule has 1 aliphatic carbocycles. The standard InChI is InChI=1S/C31H33F4N3O3S/c1-20-12-15-24(19-26(20)31(33,34)35)37-30(39)25-9-6-18-38(42(40,41)28-11-5-4-10-27(28)32)29(25)21-13-16-23(17-14-21)36-22-7-2-3-8-22/h4-5,10-17,19,22,25,29,36H,2-3,6-9,18H2,1H3,(H,37,39)/t25-,29-/m0/s1. The first-order valence-electron chi connectivity index (χ1n) is 14.1. The Morgan fingerprint density at radius 3 is 2.24 bits per heavy atom. The van der Waals surface area contributed by atoms with Crippen LogP contribution in [0.2, 0.25) is 0 Å². The summed E-state index contributed by atoms with van der Waals surface area (Å²) in [6, 6.07) is 15.2. The van der Waals surface area contributed by atoms with Crippen molar-refractivity contribution in [3.05, 3.63) is 89.2 Å². The van der Waals surface area contributed by atoms with E-state index < -0.39 is 50.3 Å². The molecule has 2 N–H and O–H groups in total. The van der Waals surface area contributed by atoms with Crippen LogP contribution in [0.5, 0.6) is 0 Å². The third kappa shape index (κ3) is 6.32. The third-order valence-electron chi connectivity index (χ3n) is 8.13. The molecule has 0 aromatic heterocycles. The van der Waals surface area contributed by atoms with Crippen molar-refractivity contribution in [3.63, 3.8) is 0 Å². The van der Waals surface area contributed by atoms with Gasteiger partial charge in [-0.2, -0.15) is 17.5 Å². The Bertz CT molecular complexity index is 1540. The molecule has 1 saturated heterocycles. The molecular formula is C31H33F4N3O3S. The first kappa shape index (κ1) is 30.0. The lowest BCUT2D eigenvalue weighted by atomic mass is 9.85. The topological polar surface area (TPSA) is 78.5 Å². The van der Waals surface area contributed by atoms with E-state index in [4.69, 9.17) is 0 Å². The number of anilines is 2. The van der Waals surface area contributed by atoms with Crippen molar-refractivity contribution < 1.29 is 30.8 Å². The number of hydrogen-bond donors (Lipinski definition) is 2. The summed E-state index contributed by atoms with van der Waals surface area (Å²) in [7, 11) is -4.38. The first-order chi connectivity index (χ1) is 19.9. The van der Waals surface area contributed by atoms with Crippen LogP contribution in [0.3, 0.4) is 0 Å². The summed E-state index contributed by atoms with van der Waals surface area (Å²) < 4.78 is 84.1. The zero-order valence-corrected chi connectivity index (χ0v) is 23.9. The maximum Gasteiger partial charge on any atom is 0.416 e. The second kappa shape index (κ2) is 12.0. The minimum Gasteiger partial charge on any atom is -0.382 e. The number of nitrogens with zero attached hydrogens (tertiary/aromatic N) is 1. The Morgan fingerprint density at radius 1 is 0.905 bits per heavy atom. The van der Waals surface area contributed by atoms with Gasteiger partial charge in [-0.25, -0.2) is 12.8 Å². The number of aryl methyl sites for hydroxylation is 1. The van der Waals surface area contributed by atoms with E-state index >= 15 is 0 Å². The van der Waals surface area contributed by atoms with Crippen LogP contribution in [-0.2, 0) is 21.0 Å². The van der Waals surface area contributed by atoms with Crippen molar-refractivity contribution in [2.75, 3.05) is 17.2 Å². The number of amides is 1. The van der Waals surface area contributed by atoms with E-state index in [1.54, 1.807) is 12.1 Å². The largest absolute Gasteiger partial charge is 0.416 e. The number of carbonyl (C=O) groups excluding carboxylic acids is 1. The molecule has 1 saturated carbocycles. The molecule has 3 aromatic carbocycles. The van der Waals surface area contributed by atoms with E-state index in [1.807, 2.05) is 12.1 Å². The lowest BCUT2D eigenvalue weighted by Crippen LogP contribution is -2.46. The van der Waals surface area contributed by atoms with Crippen molar-refractivity contribution in [1.29, 1.82) is 0 Å². The van der Waals surface area contributed by atoms with Gasteiger partial charge in [-0.15, -0.1) is 0 Å². The van der Waals surface area contributed by atoms with Crippen LogP contribution in [-0.4, -0.2) is 31.2 Å². The molecule has 224 valence electrons. The van der Waals surface area contributed by atoms with Gasteiger partial charge in [-0.1, -0.05) is 43.2 Å². The normalized spacial score (nSPS) is 20.4. The second-order valence-electron chi connectivity index (χ2n) is 11.0. The number of carbonyl (C=O) groups is 1. The molecule has 6 nitrogen and oxygen atoms in total. The van der Waals surface area contributed by atoms with Gasteiger partial charge in [0, 0.05) is 24.0 Å². The van der Waals surface area contributed by atoms with Gasteiger partial charge < -0.3 is 10.6 Å². The van der Waals surface area contributed by atoms with Crippen molar-refractivity contribution >= 4 is 27.3 Å². The monoisotopic (exact) mass is 603 g/mol. The van der Waals surface area contributed by atoms with Crippen LogP contribution < -0.4 is 10.6 Å². The molecule has 2 atom stereocenters. The fraction of sp³-hybridized carbons (Fsp3) is 0.387. The Kier molecular flexibility index (Phi) is 8.61. The van der Waals surface area contributed by atoms with Gasteiger partial charge in [0.15, 0.2) is 0 Å². The third-order valence-corrected chi connectivity index (χ3v) is 10.0. The van der Waals surface area contributed by atoms with Crippen LogP contribution >= 0.6 is 0 Å². The first-order valence-corrected chi connectivity index (χ1v) is 15.5. The molecule has 0 unspecified atom stereocenters. The van der Waals surface area contributed by atoms with E-state index in [9.17, 15) is 30.8 Å². The van der Waals surface area contributed by atoms with Gasteiger partial charge in [0.2, 0.25) is 15.9 Å². The number of nitrogens with one attached hydrogen (secondary N) is 2. The van der Waals surface area contributed by atoms with Gasteiger partial charge in [-0.3, -0.25) is 4.79 Å². The lowest BCUT2D eigenvalue weighted by molar-refractivity contribution is -0.138. The second-order valence-corrected chi connectivity index (χ2v) is 12.9. The highest BCUT2D eigenvalue weighted by Crippen LogP contribution is 2.41. The number of halogens is 4. The molecule has 3 aromatic rings. The molecule has 2 fully saturated rings. The zero-order valence-electron chi connectivity index (χ0n) is 23.1. The van der Waals surface area contributed by atoms with Crippen molar-refractivity contribution in [3.8, 4) is 0 Å². The summed E-state index contributed by atoms with van der Waals surface area (Å²) in [5.41, 5.74) is 0.512. The van der Waals surface area contributed by atoms with Gasteiger partial charge >= 0.3 is 6.18 Å². The van der Waals surface area contributed by atoms with Crippen LogP contribution in [0.1, 0.15) is 61.3 Å². The minimum atomic E-state index is -4.60. The zero-order chi connectivity index (χ0) is 30.1. The Hall–Kier alpha value is -3.44. The molecule has 0 spiro atoms. The highest BCUT2D eigenvalue weighted by atomic mass is 32.2. The number of benzene rings is 3. The van der Waals surface area contributed by atoms with Crippen molar-refractivity contribution in [1.82, 2.24) is 4.31 Å². The maximum absolute atomic E-state index is 14.7. The summed E-state index contributed by atoms with van der Waals surface area (Å²) in [5, 5.41) is 6.07. The van der Waals surface area contributed by atoms with E-state index in [0.717, 1.165) is 47.8 Å². The summed E-state index contributed by atoms with van der Waals surface area (Å²) >= 11 is 0. The van der Waals surface area contributed by atoms with Crippen LogP contribution in [0.25, 0.3) is 0 Å². The number of rotatable bonds is 7. The number of sulfonamides is 1. The minimum absolute atomic E-state index is 0.0181. The van der Waals surface area contributed by atoms with Crippen LogP contribution in [0.4, 0.5) is 28.9 Å². The summed E-state index contributed by atoms with van der Waals surface area (Å²) in [6.45, 7) is 1.39. The van der Waals surface area contributed by atoms with E-state index in [1.165, 1.54) is 37.3 Å². The summed E-state index contributed by atoms with van der Waals surface area (Å²) in [4.78, 5) is 13.2. The molecule has 1 aliphatic heterocycles. The maximum atomic E-state index is 14.7. The quantitative estimate of drug-likeness (QED) is 0.278. The Balaban J connectivity index is 1.50. The van der Waals surface area contributed by atoms with E-state index in [2.05, 4.69) is 10.6 Å².